The minimum Gasteiger partial charge on any atom is -0.378 e. The Kier molecular flexibility index (Phi) is 8.01. The van der Waals surface area contributed by atoms with Crippen LogP contribution in [0, 0.1) is 13.8 Å². The zero-order valence-corrected chi connectivity index (χ0v) is 25.8. The molecular weight excluding hydrogens is 611 g/mol. The summed E-state index contributed by atoms with van der Waals surface area (Å²) in [5.74, 6) is -0.0692. The van der Waals surface area contributed by atoms with E-state index in [0.29, 0.717) is 34.4 Å². The number of halogens is 3. The van der Waals surface area contributed by atoms with Crippen LogP contribution in [0.1, 0.15) is 32.7 Å². The van der Waals surface area contributed by atoms with E-state index < -0.39 is 23.7 Å². The molecule has 1 aliphatic rings. The van der Waals surface area contributed by atoms with Crippen LogP contribution in [-0.2, 0) is 12.7 Å². The van der Waals surface area contributed by atoms with Gasteiger partial charge in [0.25, 0.3) is 5.91 Å². The van der Waals surface area contributed by atoms with Gasteiger partial charge in [-0.15, -0.1) is 0 Å². The van der Waals surface area contributed by atoms with Crippen LogP contribution >= 0.6 is 0 Å². The largest absolute Gasteiger partial charge is 0.416 e. The lowest BCUT2D eigenvalue weighted by atomic mass is 10.1. The van der Waals surface area contributed by atoms with Crippen molar-refractivity contribution in [3.05, 3.63) is 107 Å². The van der Waals surface area contributed by atoms with Gasteiger partial charge in [0.2, 0.25) is 5.95 Å². The number of anilines is 6. The van der Waals surface area contributed by atoms with E-state index in [1.807, 2.05) is 43.3 Å². The van der Waals surface area contributed by atoms with Gasteiger partial charge in [-0.2, -0.15) is 18.2 Å². The second-order valence-electron chi connectivity index (χ2n) is 11.3. The molecule has 1 aliphatic heterocycles. The van der Waals surface area contributed by atoms with Crippen LogP contribution < -0.4 is 25.8 Å². The number of aryl methyl sites for hydroxylation is 2. The molecule has 6 rings (SSSR count). The van der Waals surface area contributed by atoms with Crippen molar-refractivity contribution in [3.63, 3.8) is 0 Å². The molecule has 14 heteroatoms. The Morgan fingerprint density at radius 3 is 2.53 bits per heavy atom. The first-order valence-electron chi connectivity index (χ1n) is 14.5. The highest BCUT2D eigenvalue weighted by atomic mass is 19.4. The molecule has 0 fully saturated rings. The molecular formula is C33H30F3N9O2. The van der Waals surface area contributed by atoms with Gasteiger partial charge in [-0.05, 0) is 67.9 Å². The van der Waals surface area contributed by atoms with Gasteiger partial charge in [0.05, 0.1) is 29.8 Å². The number of fused-ring (bicyclic) bond motifs is 1. The fraction of sp³-hybridized carbons (Fsp3) is 0.182. The molecule has 3 aromatic carbocycles. The zero-order valence-electron chi connectivity index (χ0n) is 25.8. The molecule has 0 unspecified atom stereocenters. The van der Waals surface area contributed by atoms with Crippen LogP contribution in [0.25, 0.3) is 5.69 Å². The van der Waals surface area contributed by atoms with Gasteiger partial charge in [-0.1, -0.05) is 12.1 Å². The average molecular weight is 642 g/mol. The number of imidazole rings is 1. The van der Waals surface area contributed by atoms with Gasteiger partial charge in [-0.25, -0.2) is 14.8 Å². The van der Waals surface area contributed by atoms with Crippen LogP contribution in [0.5, 0.6) is 0 Å². The van der Waals surface area contributed by atoms with Gasteiger partial charge < -0.3 is 20.1 Å². The van der Waals surface area contributed by atoms with Crippen LogP contribution in [0.15, 0.2) is 79.4 Å². The van der Waals surface area contributed by atoms with Crippen LogP contribution in [0.4, 0.5) is 52.5 Å². The minimum absolute atomic E-state index is 0.140. The molecule has 3 N–H and O–H groups in total. The van der Waals surface area contributed by atoms with Crippen molar-refractivity contribution in [1.29, 1.82) is 0 Å². The highest BCUT2D eigenvalue weighted by Crippen LogP contribution is 2.34. The summed E-state index contributed by atoms with van der Waals surface area (Å²) < 4.78 is 42.7. The Hall–Kier alpha value is -5.92. The van der Waals surface area contributed by atoms with Crippen molar-refractivity contribution in [1.82, 2.24) is 19.5 Å². The highest BCUT2D eigenvalue weighted by molar-refractivity contribution is 6.07. The number of hydrogen-bond donors (Lipinski definition) is 3. The van der Waals surface area contributed by atoms with Gasteiger partial charge >= 0.3 is 12.2 Å². The second kappa shape index (κ2) is 12.1. The van der Waals surface area contributed by atoms with E-state index in [1.165, 1.54) is 21.9 Å². The van der Waals surface area contributed by atoms with Crippen molar-refractivity contribution in [2.24, 2.45) is 0 Å². The third kappa shape index (κ3) is 6.71. The Bertz CT molecular complexity index is 2010. The van der Waals surface area contributed by atoms with E-state index in [4.69, 9.17) is 0 Å². The van der Waals surface area contributed by atoms with Gasteiger partial charge in [0, 0.05) is 60.4 Å². The van der Waals surface area contributed by atoms with E-state index >= 15 is 0 Å². The SMILES string of the molecule is Cc1cn(-c2cc(C(=O)Nc3ccc(C)c(N4Cc5cnc(Nc6cccc(N(C)C)c6)nc5NC4=O)c3)cc(C(F)(F)F)c2)cn1. The summed E-state index contributed by atoms with van der Waals surface area (Å²) in [4.78, 5) is 43.0. The van der Waals surface area contributed by atoms with Crippen molar-refractivity contribution in [3.8, 4) is 5.69 Å². The molecule has 0 atom stereocenters. The fourth-order valence-electron chi connectivity index (χ4n) is 5.09. The molecule has 0 spiro atoms. The number of benzene rings is 3. The number of amides is 3. The zero-order chi connectivity index (χ0) is 33.5. The second-order valence-corrected chi connectivity index (χ2v) is 11.3. The summed E-state index contributed by atoms with van der Waals surface area (Å²) >= 11 is 0. The third-order valence-corrected chi connectivity index (χ3v) is 7.56. The molecule has 47 heavy (non-hydrogen) atoms. The highest BCUT2D eigenvalue weighted by Gasteiger charge is 2.32. The summed E-state index contributed by atoms with van der Waals surface area (Å²) in [7, 11) is 3.88. The number of nitrogens with one attached hydrogen (secondary N) is 3. The van der Waals surface area contributed by atoms with Crippen molar-refractivity contribution in [2.45, 2.75) is 26.6 Å². The Labute approximate surface area is 268 Å². The molecule has 2 aromatic heterocycles. The molecule has 0 saturated heterocycles. The number of alkyl halides is 3. The maximum Gasteiger partial charge on any atom is 0.416 e. The predicted octanol–water partition coefficient (Wildman–Crippen LogP) is 6.91. The number of aromatic nitrogens is 4. The van der Waals surface area contributed by atoms with E-state index in [0.717, 1.165) is 29.1 Å². The first-order chi connectivity index (χ1) is 22.3. The number of urea groups is 1. The molecule has 0 saturated carbocycles. The summed E-state index contributed by atoms with van der Waals surface area (Å²) in [5, 5.41) is 8.65. The maximum absolute atomic E-state index is 13.8. The fourth-order valence-corrected chi connectivity index (χ4v) is 5.09. The first-order valence-corrected chi connectivity index (χ1v) is 14.5. The molecule has 0 aliphatic carbocycles. The van der Waals surface area contributed by atoms with E-state index in [1.54, 1.807) is 44.4 Å². The average Bonchev–Trinajstić information content (AvgIpc) is 3.47. The monoisotopic (exact) mass is 641 g/mol. The predicted molar refractivity (Wildman–Crippen MR) is 174 cm³/mol. The van der Waals surface area contributed by atoms with Crippen LogP contribution in [0.3, 0.4) is 0 Å². The Morgan fingerprint density at radius 2 is 1.81 bits per heavy atom. The first kappa shape index (κ1) is 31.1. The summed E-state index contributed by atoms with van der Waals surface area (Å²) in [5.41, 5.74) is 3.55. The van der Waals surface area contributed by atoms with Crippen LogP contribution in [0.2, 0.25) is 0 Å². The number of rotatable bonds is 7. The van der Waals surface area contributed by atoms with Gasteiger partial charge in [0.1, 0.15) is 5.82 Å². The lowest BCUT2D eigenvalue weighted by Gasteiger charge is -2.30. The lowest BCUT2D eigenvalue weighted by Crippen LogP contribution is -2.39. The van der Waals surface area contributed by atoms with Crippen LogP contribution in [-0.4, -0.2) is 45.6 Å². The van der Waals surface area contributed by atoms with Crippen molar-refractivity contribution >= 4 is 46.5 Å². The van der Waals surface area contributed by atoms with Crippen molar-refractivity contribution < 1.29 is 22.8 Å². The number of hydrogen-bond acceptors (Lipinski definition) is 7. The standard InChI is InChI=1S/C33H30F3N9O2/c1-19-8-9-25(39-30(46)21-10-23(33(34,35)36)12-27(11-21)44-16-20(2)38-18-44)14-28(19)45-17-22-15-37-31(41-29(22)42-32(45)47)40-24-6-5-7-26(13-24)43(3)4/h5-16,18H,17H2,1-4H3,(H,39,46)(H2,37,40,41,42,47). The lowest BCUT2D eigenvalue weighted by molar-refractivity contribution is -0.137. The summed E-state index contributed by atoms with van der Waals surface area (Å²) in [6.07, 6.45) is -0.0983. The Morgan fingerprint density at radius 1 is 1.00 bits per heavy atom. The van der Waals surface area contributed by atoms with Gasteiger partial charge in [0.15, 0.2) is 0 Å². The molecule has 0 radical (unpaired) electrons. The van der Waals surface area contributed by atoms with Crippen molar-refractivity contribution in [2.75, 3.05) is 39.8 Å². The molecule has 3 heterocycles. The number of carbonyl (C=O) groups excluding carboxylic acids is 2. The molecule has 11 nitrogen and oxygen atoms in total. The Balaban J connectivity index is 1.22. The van der Waals surface area contributed by atoms with E-state index in [9.17, 15) is 22.8 Å². The maximum atomic E-state index is 13.8. The topological polar surface area (TPSA) is 120 Å². The van der Waals surface area contributed by atoms with E-state index in [-0.39, 0.29) is 17.8 Å². The molecule has 5 aromatic rings. The number of nitrogens with zero attached hydrogens (tertiary/aromatic N) is 6. The normalized spacial score (nSPS) is 12.7. The number of carbonyl (C=O) groups is 2. The quantitative estimate of drug-likeness (QED) is 0.177. The molecule has 240 valence electrons. The van der Waals surface area contributed by atoms with Gasteiger partial charge in [-0.3, -0.25) is 15.0 Å². The molecule has 3 amide bonds. The molecule has 0 bridgehead atoms. The minimum atomic E-state index is -4.67. The summed E-state index contributed by atoms with van der Waals surface area (Å²) in [6, 6.07) is 15.3. The third-order valence-electron chi connectivity index (χ3n) is 7.56. The summed E-state index contributed by atoms with van der Waals surface area (Å²) in [6.45, 7) is 3.67. The van der Waals surface area contributed by atoms with E-state index in [2.05, 4.69) is 30.9 Å². The smallest absolute Gasteiger partial charge is 0.378 e.